The monoisotopic (exact) mass is 394 g/mol. The van der Waals surface area contributed by atoms with Crippen LogP contribution < -0.4 is 14.8 Å². The molecule has 1 atom stereocenters. The molecule has 0 radical (unpaired) electrons. The molecule has 3 rings (SSSR count). The number of rotatable bonds is 5. The van der Waals surface area contributed by atoms with Crippen LogP contribution in [0.3, 0.4) is 0 Å². The van der Waals surface area contributed by atoms with E-state index >= 15 is 0 Å². The molecule has 0 saturated carbocycles. The third-order valence-corrected chi connectivity index (χ3v) is 4.17. The van der Waals surface area contributed by atoms with Gasteiger partial charge in [0.15, 0.2) is 11.5 Å². The maximum atomic E-state index is 13.1. The number of hydrogen-bond acceptors (Lipinski definition) is 5. The first-order valence-corrected chi connectivity index (χ1v) is 8.25. The number of carbonyl (C=O) groups is 1. The number of anilines is 1. The molecule has 0 aromatic heterocycles. The first-order chi connectivity index (χ1) is 13.3. The third-order valence-electron chi connectivity index (χ3n) is 4.17. The molecule has 1 aliphatic heterocycles. The van der Waals surface area contributed by atoms with Crippen molar-refractivity contribution in [3.63, 3.8) is 0 Å². The zero-order valence-corrected chi connectivity index (χ0v) is 15.0. The van der Waals surface area contributed by atoms with Crippen LogP contribution in [-0.4, -0.2) is 31.9 Å². The molecule has 0 saturated heterocycles. The van der Waals surface area contributed by atoms with Gasteiger partial charge < -0.3 is 19.6 Å². The molecule has 0 unspecified atom stereocenters. The van der Waals surface area contributed by atoms with Crippen molar-refractivity contribution in [2.24, 2.45) is 5.16 Å². The highest BCUT2D eigenvalue weighted by atomic mass is 19.4. The van der Waals surface area contributed by atoms with E-state index in [-0.39, 0.29) is 12.1 Å². The summed E-state index contributed by atoms with van der Waals surface area (Å²) in [5.74, 6) is 0.300. The van der Waals surface area contributed by atoms with Gasteiger partial charge in [0.25, 0.3) is 5.91 Å². The second kappa shape index (κ2) is 7.79. The predicted molar refractivity (Wildman–Crippen MR) is 95.6 cm³/mol. The van der Waals surface area contributed by atoms with Crippen molar-refractivity contribution in [2.45, 2.75) is 18.7 Å². The first kappa shape index (κ1) is 19.5. The van der Waals surface area contributed by atoms with Gasteiger partial charge in [-0.2, -0.15) is 13.2 Å². The highest BCUT2D eigenvalue weighted by Crippen LogP contribution is 2.35. The van der Waals surface area contributed by atoms with Crippen LogP contribution >= 0.6 is 0 Å². The van der Waals surface area contributed by atoms with Gasteiger partial charge in [0, 0.05) is 12.0 Å². The summed E-state index contributed by atoms with van der Waals surface area (Å²) in [5, 5.41) is 6.16. The number of methoxy groups -OCH3 is 2. The van der Waals surface area contributed by atoms with Crippen molar-refractivity contribution in [1.29, 1.82) is 0 Å². The minimum absolute atomic E-state index is 0.107. The van der Waals surface area contributed by atoms with Gasteiger partial charge in [-0.15, -0.1) is 0 Å². The lowest BCUT2D eigenvalue weighted by Gasteiger charge is -2.15. The maximum absolute atomic E-state index is 13.1. The van der Waals surface area contributed by atoms with Crippen molar-refractivity contribution in [3.8, 4) is 11.5 Å². The average Bonchev–Trinajstić information content (AvgIpc) is 3.17. The van der Waals surface area contributed by atoms with E-state index < -0.39 is 23.8 Å². The number of alkyl halides is 3. The summed E-state index contributed by atoms with van der Waals surface area (Å²) < 4.78 is 49.6. The van der Waals surface area contributed by atoms with Crippen LogP contribution in [0.4, 0.5) is 18.9 Å². The zero-order valence-electron chi connectivity index (χ0n) is 15.0. The van der Waals surface area contributed by atoms with Gasteiger partial charge in [-0.25, -0.2) is 0 Å². The van der Waals surface area contributed by atoms with E-state index in [9.17, 15) is 18.0 Å². The molecule has 28 heavy (non-hydrogen) atoms. The molecule has 1 N–H and O–H groups in total. The molecule has 1 amide bonds. The Kier molecular flexibility index (Phi) is 5.43. The number of nitrogens with one attached hydrogen (secondary N) is 1. The van der Waals surface area contributed by atoms with E-state index in [1.165, 1.54) is 32.4 Å². The van der Waals surface area contributed by atoms with Crippen LogP contribution in [0.2, 0.25) is 0 Å². The van der Waals surface area contributed by atoms with E-state index in [0.29, 0.717) is 22.8 Å². The van der Waals surface area contributed by atoms with Crippen LogP contribution in [0.5, 0.6) is 11.5 Å². The lowest BCUT2D eigenvalue weighted by Crippen LogP contribution is -2.29. The predicted octanol–water partition coefficient (Wildman–Crippen LogP) is 3.85. The van der Waals surface area contributed by atoms with Gasteiger partial charge in [-0.3, -0.25) is 4.79 Å². The standard InChI is InChI=1S/C19H17F3N2O4/c1-26-15-8-7-11(9-16(15)27-2)14-10-17(28-24-14)18(25)23-13-6-4-3-5-12(13)19(20,21)22/h3-9,17H,10H2,1-2H3,(H,23,25)/t17-/m1/s1. The molecule has 1 heterocycles. The lowest BCUT2D eigenvalue weighted by atomic mass is 10.0. The molecule has 6 nitrogen and oxygen atoms in total. The Morgan fingerprint density at radius 1 is 1.14 bits per heavy atom. The quantitative estimate of drug-likeness (QED) is 0.836. The fraction of sp³-hybridized carbons (Fsp3) is 0.263. The van der Waals surface area contributed by atoms with Crippen molar-refractivity contribution >= 4 is 17.3 Å². The number of halogens is 3. The van der Waals surface area contributed by atoms with Crippen LogP contribution in [0.1, 0.15) is 17.5 Å². The molecular formula is C19H17F3N2O4. The Morgan fingerprint density at radius 2 is 1.86 bits per heavy atom. The smallest absolute Gasteiger partial charge is 0.418 e. The summed E-state index contributed by atoms with van der Waals surface area (Å²) in [7, 11) is 3.00. The van der Waals surface area contributed by atoms with E-state index in [1.807, 2.05) is 0 Å². The first-order valence-electron chi connectivity index (χ1n) is 8.25. The number of oxime groups is 1. The minimum Gasteiger partial charge on any atom is -0.493 e. The summed E-state index contributed by atoms with van der Waals surface area (Å²) in [6, 6.07) is 9.84. The van der Waals surface area contributed by atoms with Crippen LogP contribution in [0.25, 0.3) is 0 Å². The number of benzene rings is 2. The maximum Gasteiger partial charge on any atom is 0.418 e. The number of para-hydroxylation sites is 1. The van der Waals surface area contributed by atoms with Gasteiger partial charge in [0.05, 0.1) is 31.2 Å². The van der Waals surface area contributed by atoms with E-state index in [0.717, 1.165) is 6.07 Å². The second-order valence-electron chi connectivity index (χ2n) is 5.94. The molecule has 0 spiro atoms. The van der Waals surface area contributed by atoms with Gasteiger partial charge >= 0.3 is 6.18 Å². The molecule has 148 valence electrons. The SMILES string of the molecule is COc1ccc(C2=NO[C@@H](C(=O)Nc3ccccc3C(F)(F)F)C2)cc1OC. The fourth-order valence-electron chi connectivity index (χ4n) is 2.76. The van der Waals surface area contributed by atoms with Gasteiger partial charge in [-0.05, 0) is 30.3 Å². The van der Waals surface area contributed by atoms with Gasteiger partial charge in [0.1, 0.15) is 0 Å². The normalized spacial score (nSPS) is 16.2. The molecule has 0 fully saturated rings. The Balaban J connectivity index is 1.71. The number of ether oxygens (including phenoxy) is 2. The Hall–Kier alpha value is -3.23. The van der Waals surface area contributed by atoms with E-state index in [4.69, 9.17) is 14.3 Å². The largest absolute Gasteiger partial charge is 0.493 e. The number of nitrogens with zero attached hydrogens (tertiary/aromatic N) is 1. The third kappa shape index (κ3) is 4.03. The molecule has 2 aromatic carbocycles. The van der Waals surface area contributed by atoms with Crippen molar-refractivity contribution in [2.75, 3.05) is 19.5 Å². The molecule has 1 aliphatic rings. The zero-order chi connectivity index (χ0) is 20.3. The van der Waals surface area contributed by atoms with Crippen LogP contribution in [-0.2, 0) is 15.8 Å². The topological polar surface area (TPSA) is 69.2 Å². The van der Waals surface area contributed by atoms with Crippen molar-refractivity contribution in [3.05, 3.63) is 53.6 Å². The number of amides is 1. The van der Waals surface area contributed by atoms with Crippen molar-refractivity contribution < 1.29 is 32.3 Å². The molecule has 2 aromatic rings. The molecule has 9 heteroatoms. The molecule has 0 bridgehead atoms. The highest BCUT2D eigenvalue weighted by Gasteiger charge is 2.35. The fourth-order valence-corrected chi connectivity index (χ4v) is 2.76. The summed E-state index contributed by atoms with van der Waals surface area (Å²) in [6.45, 7) is 0. The lowest BCUT2D eigenvalue weighted by molar-refractivity contribution is -0.137. The Bertz CT molecular complexity index is 912. The summed E-state index contributed by atoms with van der Waals surface area (Å²) in [6.07, 6.45) is -5.51. The second-order valence-corrected chi connectivity index (χ2v) is 5.94. The van der Waals surface area contributed by atoms with E-state index in [1.54, 1.807) is 18.2 Å². The Morgan fingerprint density at radius 3 is 2.54 bits per heavy atom. The number of hydrogen-bond donors (Lipinski definition) is 1. The average molecular weight is 394 g/mol. The summed E-state index contributed by atoms with van der Waals surface area (Å²) in [5.41, 5.74) is -0.126. The molecule has 0 aliphatic carbocycles. The van der Waals surface area contributed by atoms with Crippen molar-refractivity contribution in [1.82, 2.24) is 0 Å². The Labute approximate surface area is 158 Å². The van der Waals surface area contributed by atoms with Gasteiger partial charge in [-0.1, -0.05) is 17.3 Å². The van der Waals surface area contributed by atoms with Crippen LogP contribution in [0.15, 0.2) is 47.6 Å². The van der Waals surface area contributed by atoms with Crippen LogP contribution in [0, 0.1) is 0 Å². The summed E-state index contributed by atoms with van der Waals surface area (Å²) in [4.78, 5) is 17.5. The highest BCUT2D eigenvalue weighted by molar-refractivity contribution is 6.06. The minimum atomic E-state index is -4.58. The van der Waals surface area contributed by atoms with E-state index in [2.05, 4.69) is 10.5 Å². The molecular weight excluding hydrogens is 377 g/mol. The summed E-state index contributed by atoms with van der Waals surface area (Å²) >= 11 is 0. The number of carbonyl (C=O) groups excluding carboxylic acids is 1. The van der Waals surface area contributed by atoms with Gasteiger partial charge in [0.2, 0.25) is 6.10 Å².